The summed E-state index contributed by atoms with van der Waals surface area (Å²) in [4.78, 5) is 37.1. The molecule has 1 amide bonds. The third-order valence-electron chi connectivity index (χ3n) is 4.82. The van der Waals surface area contributed by atoms with Crippen molar-refractivity contribution >= 4 is 17.7 Å². The number of carboxylic acid groups (broad SMARTS) is 1. The van der Waals surface area contributed by atoms with Gasteiger partial charge in [0.1, 0.15) is 0 Å². The predicted molar refractivity (Wildman–Crippen MR) is 109 cm³/mol. The zero-order valence-corrected chi connectivity index (χ0v) is 16.3. The minimum Gasteiger partial charge on any atom is -0.481 e. The molecule has 1 saturated heterocycles. The van der Waals surface area contributed by atoms with E-state index < -0.39 is 5.97 Å². The number of carboxylic acids is 1. The molecular formula is C23H29NO4. The molecule has 1 atom stereocenters. The zero-order valence-electron chi connectivity index (χ0n) is 16.3. The van der Waals surface area contributed by atoms with E-state index in [1.165, 1.54) is 0 Å². The van der Waals surface area contributed by atoms with E-state index in [0.717, 1.165) is 24.8 Å². The van der Waals surface area contributed by atoms with Crippen LogP contribution in [-0.4, -0.2) is 40.3 Å². The van der Waals surface area contributed by atoms with Crippen LogP contribution >= 0.6 is 0 Å². The lowest BCUT2D eigenvalue weighted by molar-refractivity contribution is -0.137. The average molecular weight is 383 g/mol. The fraction of sp³-hybridized carbons (Fsp3) is 0.435. The smallest absolute Gasteiger partial charge is 0.303 e. The minimum atomic E-state index is -0.790. The van der Waals surface area contributed by atoms with Crippen molar-refractivity contribution in [2.75, 3.05) is 6.54 Å². The average Bonchev–Trinajstić information content (AvgIpc) is 2.85. The Morgan fingerprint density at radius 3 is 2.68 bits per heavy atom. The van der Waals surface area contributed by atoms with Gasteiger partial charge < -0.3 is 10.0 Å². The highest BCUT2D eigenvalue weighted by Gasteiger charge is 2.23. The fourth-order valence-electron chi connectivity index (χ4n) is 3.30. The van der Waals surface area contributed by atoms with Gasteiger partial charge in [0.05, 0.1) is 6.04 Å². The Bertz CT molecular complexity index is 709. The molecule has 150 valence electrons. The van der Waals surface area contributed by atoms with Crippen molar-refractivity contribution in [3.05, 3.63) is 60.2 Å². The van der Waals surface area contributed by atoms with Crippen molar-refractivity contribution in [1.29, 1.82) is 0 Å². The zero-order chi connectivity index (χ0) is 20.2. The monoisotopic (exact) mass is 383 g/mol. The number of hydrogen-bond donors (Lipinski definition) is 1. The lowest BCUT2D eigenvalue weighted by atomic mass is 10.1. The first-order chi connectivity index (χ1) is 13.6. The van der Waals surface area contributed by atoms with Crippen LogP contribution in [0.15, 0.2) is 54.6 Å². The molecule has 0 radical (unpaired) electrons. The molecule has 1 heterocycles. The number of rotatable bonds is 10. The number of benzene rings is 1. The second-order valence-corrected chi connectivity index (χ2v) is 7.10. The number of ketones is 1. The van der Waals surface area contributed by atoms with Crippen LogP contribution < -0.4 is 0 Å². The van der Waals surface area contributed by atoms with Crippen molar-refractivity contribution in [3.8, 4) is 0 Å². The molecule has 5 nitrogen and oxygen atoms in total. The number of carbonyl (C=O) groups excluding carboxylic acids is 2. The summed E-state index contributed by atoms with van der Waals surface area (Å²) in [6, 6.07) is 9.55. The Morgan fingerprint density at radius 2 is 1.93 bits per heavy atom. The Morgan fingerprint density at radius 1 is 1.14 bits per heavy atom. The Balaban J connectivity index is 1.92. The van der Waals surface area contributed by atoms with Crippen LogP contribution in [0.4, 0.5) is 0 Å². The topological polar surface area (TPSA) is 74.7 Å². The van der Waals surface area contributed by atoms with Crippen molar-refractivity contribution < 1.29 is 19.5 Å². The third-order valence-corrected chi connectivity index (χ3v) is 4.82. The van der Waals surface area contributed by atoms with Crippen LogP contribution in [0.25, 0.3) is 0 Å². The first-order valence-electron chi connectivity index (χ1n) is 9.97. The SMILES string of the molecule is O=C(O)CCC/C=C\CN1C(=O)CCCCC1C=CC(=O)Cc1ccccc1. The molecule has 0 saturated carbocycles. The van der Waals surface area contributed by atoms with Crippen molar-refractivity contribution in [3.63, 3.8) is 0 Å². The number of carbonyl (C=O) groups is 3. The molecule has 1 unspecified atom stereocenters. The summed E-state index contributed by atoms with van der Waals surface area (Å²) in [6.07, 6.45) is 12.4. The van der Waals surface area contributed by atoms with Crippen LogP contribution in [-0.2, 0) is 20.8 Å². The predicted octanol–water partition coefficient (Wildman–Crippen LogP) is 3.94. The third kappa shape index (κ3) is 7.91. The number of unbranched alkanes of at least 4 members (excludes halogenated alkanes) is 1. The molecule has 0 aromatic heterocycles. The highest BCUT2D eigenvalue weighted by Crippen LogP contribution is 2.19. The fourth-order valence-corrected chi connectivity index (χ4v) is 3.30. The Labute approximate surface area is 166 Å². The maximum absolute atomic E-state index is 12.5. The summed E-state index contributed by atoms with van der Waals surface area (Å²) in [6.45, 7) is 0.494. The van der Waals surface area contributed by atoms with Crippen molar-refractivity contribution in [2.45, 2.75) is 57.4 Å². The lowest BCUT2D eigenvalue weighted by Gasteiger charge is -2.26. The van der Waals surface area contributed by atoms with E-state index in [1.54, 1.807) is 6.08 Å². The molecule has 28 heavy (non-hydrogen) atoms. The minimum absolute atomic E-state index is 0.0343. The number of hydrogen-bond acceptors (Lipinski definition) is 3. The number of nitrogens with zero attached hydrogens (tertiary/aromatic N) is 1. The summed E-state index contributed by atoms with van der Waals surface area (Å²) in [5, 5.41) is 8.66. The largest absolute Gasteiger partial charge is 0.481 e. The number of amides is 1. The molecule has 1 aromatic rings. The van der Waals surface area contributed by atoms with E-state index >= 15 is 0 Å². The van der Waals surface area contributed by atoms with Crippen LogP contribution in [0.3, 0.4) is 0 Å². The van der Waals surface area contributed by atoms with E-state index in [4.69, 9.17) is 5.11 Å². The molecule has 5 heteroatoms. The van der Waals surface area contributed by atoms with Gasteiger partial charge >= 0.3 is 5.97 Å². The second kappa shape index (κ2) is 11.9. The summed E-state index contributed by atoms with van der Waals surface area (Å²) >= 11 is 0. The van der Waals surface area contributed by atoms with Gasteiger partial charge in [-0.1, -0.05) is 55.0 Å². The van der Waals surface area contributed by atoms with E-state index in [9.17, 15) is 14.4 Å². The molecule has 2 rings (SSSR count). The van der Waals surface area contributed by atoms with Crippen LogP contribution in [0, 0.1) is 0 Å². The van der Waals surface area contributed by atoms with E-state index in [2.05, 4.69) is 0 Å². The lowest BCUT2D eigenvalue weighted by Crippen LogP contribution is -2.38. The van der Waals surface area contributed by atoms with Crippen molar-refractivity contribution in [2.24, 2.45) is 0 Å². The van der Waals surface area contributed by atoms with Crippen LogP contribution in [0.5, 0.6) is 0 Å². The molecule has 0 spiro atoms. The highest BCUT2D eigenvalue weighted by atomic mass is 16.4. The highest BCUT2D eigenvalue weighted by molar-refractivity contribution is 5.91. The van der Waals surface area contributed by atoms with Crippen LogP contribution in [0.2, 0.25) is 0 Å². The second-order valence-electron chi connectivity index (χ2n) is 7.10. The van der Waals surface area contributed by atoms with Gasteiger partial charge in [-0.15, -0.1) is 0 Å². The van der Waals surface area contributed by atoms with E-state index in [1.807, 2.05) is 53.5 Å². The van der Waals surface area contributed by atoms with Gasteiger partial charge in [-0.05, 0) is 37.3 Å². The number of likely N-dealkylation sites (tertiary alicyclic amines) is 1. The van der Waals surface area contributed by atoms with Gasteiger partial charge in [0.2, 0.25) is 5.91 Å². The Hall–Kier alpha value is -2.69. The van der Waals surface area contributed by atoms with Crippen molar-refractivity contribution in [1.82, 2.24) is 4.90 Å². The quantitative estimate of drug-likeness (QED) is 0.377. The summed E-state index contributed by atoms with van der Waals surface area (Å²) in [5.41, 5.74) is 0.982. The molecule has 1 aliphatic heterocycles. The summed E-state index contributed by atoms with van der Waals surface area (Å²) in [5.74, 6) is -0.647. The molecule has 1 N–H and O–H groups in total. The maximum atomic E-state index is 12.5. The van der Waals surface area contributed by atoms with Gasteiger partial charge in [-0.2, -0.15) is 0 Å². The summed E-state index contributed by atoms with van der Waals surface area (Å²) in [7, 11) is 0. The standard InChI is InChI=1S/C23H29NO4/c25-21(18-19-10-4-3-5-11-19)16-15-20-12-7-8-13-22(26)24(20)17-9-2-1-6-14-23(27)28/h2-5,9-11,15-16,20H,1,6-8,12-14,17-18H2,(H,27,28)/b9-2-,16-15?. The molecule has 1 aromatic carbocycles. The van der Waals surface area contributed by atoms with Gasteiger partial charge in [0.25, 0.3) is 0 Å². The van der Waals surface area contributed by atoms with Gasteiger partial charge in [0.15, 0.2) is 5.78 Å². The number of aliphatic carboxylic acids is 1. The first kappa shape index (κ1) is 21.6. The normalized spacial score (nSPS) is 17.9. The van der Waals surface area contributed by atoms with Gasteiger partial charge in [0, 0.05) is 25.8 Å². The van der Waals surface area contributed by atoms with Crippen LogP contribution in [0.1, 0.15) is 50.5 Å². The van der Waals surface area contributed by atoms with E-state index in [0.29, 0.717) is 32.2 Å². The molecule has 0 bridgehead atoms. The molecule has 1 aliphatic rings. The molecular weight excluding hydrogens is 354 g/mol. The molecule has 0 aliphatic carbocycles. The van der Waals surface area contributed by atoms with Gasteiger partial charge in [-0.25, -0.2) is 0 Å². The molecule has 1 fully saturated rings. The first-order valence-corrected chi connectivity index (χ1v) is 9.97. The maximum Gasteiger partial charge on any atom is 0.303 e. The summed E-state index contributed by atoms with van der Waals surface area (Å²) < 4.78 is 0. The Kier molecular flexibility index (Phi) is 9.19. The van der Waals surface area contributed by atoms with E-state index in [-0.39, 0.29) is 24.2 Å². The van der Waals surface area contributed by atoms with Gasteiger partial charge in [-0.3, -0.25) is 14.4 Å². The number of allylic oxidation sites excluding steroid dienone is 2.